The van der Waals surface area contributed by atoms with Crippen molar-refractivity contribution in [2.24, 2.45) is 0 Å². The number of carbonyl (C=O) groups excluding carboxylic acids is 5. The molecule has 2 aromatic carbocycles. The van der Waals surface area contributed by atoms with Gasteiger partial charge >= 0.3 is 5.97 Å². The number of nitrogens with zero attached hydrogens (tertiary/aromatic N) is 15. The molecule has 34 heteroatoms. The molecule has 1 aliphatic carbocycles. The molecule has 1 saturated heterocycles. The Morgan fingerprint density at radius 3 is 1.19 bits per heavy atom. The number of rotatable bonds is 37. The number of aromatic nitrogens is 9. The molecule has 2 fully saturated rings. The number of benzene rings is 2. The van der Waals surface area contributed by atoms with E-state index in [1.54, 1.807) is 56.6 Å². The Morgan fingerprint density at radius 2 is 0.864 bits per heavy atom. The fourth-order valence-electron chi connectivity index (χ4n) is 10.6. The quantitative estimate of drug-likeness (QED) is 0.0159. The number of carbonyl (C=O) groups is 5. The van der Waals surface area contributed by atoms with Gasteiger partial charge in [0.1, 0.15) is 55.2 Å². The summed E-state index contributed by atoms with van der Waals surface area (Å²) in [5.74, 6) is -5.71. The van der Waals surface area contributed by atoms with Crippen LogP contribution in [0, 0.1) is 0 Å². The second-order valence-electron chi connectivity index (χ2n) is 24.2. The van der Waals surface area contributed by atoms with Crippen molar-refractivity contribution in [3.8, 4) is 0 Å². The molecule has 2 aliphatic rings. The zero-order valence-electron chi connectivity index (χ0n) is 50.4. The first-order valence-electron chi connectivity index (χ1n) is 28.6. The average Bonchev–Trinajstić information content (AvgIpc) is 1.01. The zero-order valence-corrected chi connectivity index (χ0v) is 52.8. The van der Waals surface area contributed by atoms with E-state index in [4.69, 9.17) is 9.57 Å². The van der Waals surface area contributed by atoms with Crippen molar-refractivity contribution in [2.75, 3.05) is 128 Å². The van der Waals surface area contributed by atoms with Crippen molar-refractivity contribution in [3.05, 3.63) is 95.3 Å². The Hall–Kier alpha value is -7.02. The van der Waals surface area contributed by atoms with Gasteiger partial charge in [-0.1, -0.05) is 39.9 Å². The van der Waals surface area contributed by atoms with Crippen LogP contribution in [-0.4, -0.2) is 250 Å². The molecule has 1 saturated carbocycles. The van der Waals surface area contributed by atoms with Gasteiger partial charge in [0.05, 0.1) is 124 Å². The third kappa shape index (κ3) is 21.4. The molecule has 5 aromatic rings. The molecule has 88 heavy (non-hydrogen) atoms. The van der Waals surface area contributed by atoms with Crippen molar-refractivity contribution >= 4 is 71.1 Å². The van der Waals surface area contributed by atoms with Crippen LogP contribution in [0.25, 0.3) is 0 Å². The number of hydrogen-bond donors (Lipinski definition) is 3. The first-order chi connectivity index (χ1) is 41.2. The number of anilines is 2. The molecule has 0 radical (unpaired) electrons. The van der Waals surface area contributed by atoms with Crippen molar-refractivity contribution in [2.45, 2.75) is 83.2 Å². The van der Waals surface area contributed by atoms with Gasteiger partial charge in [0, 0.05) is 69.7 Å². The summed E-state index contributed by atoms with van der Waals surface area (Å²) in [5.41, 5.74) is 4.55. The lowest BCUT2D eigenvalue weighted by Crippen LogP contribution is -2.44. The predicted octanol–water partition coefficient (Wildman–Crippen LogP) is 0.380. The molecule has 482 valence electrons. The number of hydrogen-bond acceptors (Lipinski definition) is 21. The number of ether oxygens (including phenoxy) is 1. The normalized spacial score (nSPS) is 16.2. The monoisotopic (exact) mass is 1290 g/mol. The van der Waals surface area contributed by atoms with Gasteiger partial charge in [0.15, 0.2) is 11.6 Å². The van der Waals surface area contributed by atoms with Crippen LogP contribution in [0.2, 0.25) is 0 Å². The highest BCUT2D eigenvalue weighted by molar-refractivity contribution is 7.86. The third-order valence-electron chi connectivity index (χ3n) is 15.1. The summed E-state index contributed by atoms with van der Waals surface area (Å²) in [4.78, 5) is 73.4. The highest BCUT2D eigenvalue weighted by Crippen LogP contribution is 2.42. The van der Waals surface area contributed by atoms with Gasteiger partial charge in [0.2, 0.25) is 0 Å². The third-order valence-corrected chi connectivity index (χ3v) is 17.5. The van der Waals surface area contributed by atoms with Crippen LogP contribution in [0.5, 0.6) is 0 Å². The summed E-state index contributed by atoms with van der Waals surface area (Å²) in [6, 6.07) is 14.2. The van der Waals surface area contributed by atoms with Crippen LogP contribution >= 0.6 is 0 Å². The molecule has 3 aromatic heterocycles. The Bertz CT molecular complexity index is 3470. The molecule has 7 rings (SSSR count). The van der Waals surface area contributed by atoms with E-state index in [2.05, 4.69) is 35.8 Å². The van der Waals surface area contributed by atoms with Gasteiger partial charge in [-0.05, 0) is 35.4 Å². The van der Waals surface area contributed by atoms with Crippen molar-refractivity contribution in [1.82, 2.24) is 50.0 Å². The maximum absolute atomic E-state index is 14.0. The maximum Gasteiger partial charge on any atom is 0.358 e. The van der Waals surface area contributed by atoms with Crippen molar-refractivity contribution < 1.29 is 85.9 Å². The van der Waals surface area contributed by atoms with Gasteiger partial charge in [-0.2, -0.15) is 25.3 Å². The minimum Gasteiger partial charge on any atom is -0.368 e. The maximum atomic E-state index is 14.0. The van der Waals surface area contributed by atoms with Crippen LogP contribution in [0.4, 0.5) is 11.4 Å². The van der Waals surface area contributed by atoms with E-state index in [9.17, 15) is 62.9 Å². The smallest absolute Gasteiger partial charge is 0.358 e. The molecular weight excluding hydrogens is 1210 g/mol. The van der Waals surface area contributed by atoms with Gasteiger partial charge in [-0.25, -0.2) is 4.79 Å². The summed E-state index contributed by atoms with van der Waals surface area (Å²) in [6.07, 6.45) is 6.10. The van der Waals surface area contributed by atoms with Crippen LogP contribution < -0.4 is 9.80 Å². The number of quaternary nitrogens is 3. The highest BCUT2D eigenvalue weighted by atomic mass is 32.2. The first-order valence-corrected chi connectivity index (χ1v) is 33.4. The molecule has 0 spiro atoms. The Kier molecular flexibility index (Phi) is 22.6. The summed E-state index contributed by atoms with van der Waals surface area (Å²) in [7, 11) is -0.711. The molecule has 0 atom stereocenters. The zero-order chi connectivity index (χ0) is 64.2. The van der Waals surface area contributed by atoms with E-state index >= 15 is 0 Å². The fraction of sp³-hybridized carbons (Fsp3) is 0.574. The lowest BCUT2D eigenvalue weighted by atomic mass is 9.66. The Morgan fingerprint density at radius 1 is 0.534 bits per heavy atom. The SMILES string of the molecule is C[N+](C)(CCCS(=O)(=O)O)Cc1cn(CCN(CCOCC(=O)ON2C(=O)CCC2=O)c2ccc(C3C(=O)C(c4ccc(N(CCn5cc(C[N+](C)(C)CCCS(=O)(=O)O)nn5)CCn5cc(C[N+](C)(C)CCCS(=O)(=O)O)nn5)cc4)C3=O)cc2)nn1. The molecule has 3 N–H and O–H groups in total. The second-order valence-corrected chi connectivity index (χ2v) is 28.9. The topological polar surface area (TPSA) is 369 Å². The summed E-state index contributed by atoms with van der Waals surface area (Å²) in [6.45, 7) is 4.88. The number of amides is 2. The van der Waals surface area contributed by atoms with Gasteiger partial charge in [-0.3, -0.25) is 46.9 Å². The Balaban J connectivity index is 1.00. The molecule has 0 unspecified atom stereocenters. The van der Waals surface area contributed by atoms with Gasteiger partial charge < -0.3 is 32.8 Å². The van der Waals surface area contributed by atoms with Crippen LogP contribution in [0.3, 0.4) is 0 Å². The van der Waals surface area contributed by atoms with Gasteiger partial charge in [-0.15, -0.1) is 20.4 Å². The first kappa shape index (κ1) is 68.5. The van der Waals surface area contributed by atoms with Crippen LogP contribution in [0.1, 0.15) is 72.1 Å². The highest BCUT2D eigenvalue weighted by Gasteiger charge is 2.50. The second kappa shape index (κ2) is 29.1. The molecule has 31 nitrogen and oxygen atoms in total. The number of imide groups is 1. The minimum atomic E-state index is -4.09. The van der Waals surface area contributed by atoms with E-state index < -0.39 is 66.6 Å². The molecule has 1 aliphatic heterocycles. The van der Waals surface area contributed by atoms with E-state index in [1.807, 2.05) is 71.7 Å². The summed E-state index contributed by atoms with van der Waals surface area (Å²) < 4.78 is 107. The van der Waals surface area contributed by atoms with Crippen molar-refractivity contribution in [1.29, 1.82) is 0 Å². The van der Waals surface area contributed by atoms with Crippen LogP contribution in [-0.2, 0) is 103 Å². The number of ketones is 2. The summed E-state index contributed by atoms with van der Waals surface area (Å²) in [5, 5.41) is 26.5. The molecule has 4 heterocycles. The fourth-order valence-corrected chi connectivity index (χ4v) is 12.1. The summed E-state index contributed by atoms with van der Waals surface area (Å²) >= 11 is 0. The van der Waals surface area contributed by atoms with Gasteiger partial charge in [0.25, 0.3) is 42.2 Å². The largest absolute Gasteiger partial charge is 0.368 e. The van der Waals surface area contributed by atoms with E-state index in [1.165, 1.54) is 0 Å². The van der Waals surface area contributed by atoms with Crippen LogP contribution in [0.15, 0.2) is 67.1 Å². The van der Waals surface area contributed by atoms with Crippen molar-refractivity contribution in [3.63, 3.8) is 0 Å². The molecule has 2 amide bonds. The number of hydroxylamine groups is 2. The van der Waals surface area contributed by atoms with E-state index in [0.717, 1.165) is 5.69 Å². The molecule has 0 bridgehead atoms. The average molecular weight is 1290 g/mol. The molecular formula is C54H80N15O16S3+3. The Labute approximate surface area is 511 Å². The lowest BCUT2D eigenvalue weighted by Gasteiger charge is -2.33. The standard InChI is InChI=1S/C54H77N15O16S3/c1-67(2,27-7-31-86(75,76)77)37-43-34-63(58-55-43)23-20-61(21-24-64-35-44(56-59-64)38-68(3,4)28-8-32-87(78,79)80)46-14-10-41(11-15-46)51-53(73)52(54(51)74)42-12-16-47(17-13-42)62(26-30-84-40-50(72)85-66-48(70)18-19-49(66)71)22-25-65-36-45(57-60-65)39-69(5,6)29-9-33-88(81,82)83/h10-17,34-36,51-52H,7-9,18-33,37-40H2,1-6H3/p+3. The minimum absolute atomic E-state index is 0.0107. The van der Waals surface area contributed by atoms with E-state index in [-0.39, 0.29) is 74.1 Å². The number of Topliss-reactive ketones (excluding diaryl/α,β-unsaturated/α-hetero) is 2. The lowest BCUT2D eigenvalue weighted by molar-refractivity contribution is -0.903. The predicted molar refractivity (Wildman–Crippen MR) is 316 cm³/mol. The van der Waals surface area contributed by atoms with E-state index in [0.29, 0.717) is 131 Å².